The van der Waals surface area contributed by atoms with E-state index >= 15 is 0 Å². The Morgan fingerprint density at radius 2 is 2.42 bits per heavy atom. The van der Waals surface area contributed by atoms with Crippen LogP contribution in [0.4, 0.5) is 0 Å². The average molecular weight is 165 g/mol. The molecule has 3 heteroatoms. The van der Waals surface area contributed by atoms with Gasteiger partial charge in [-0.05, 0) is 19.1 Å². The normalized spacial score (nSPS) is 12.5. The van der Waals surface area contributed by atoms with Gasteiger partial charge in [-0.15, -0.1) is 0 Å². The van der Waals surface area contributed by atoms with E-state index in [4.69, 9.17) is 0 Å². The lowest BCUT2D eigenvalue weighted by atomic mass is 10.1. The summed E-state index contributed by atoms with van der Waals surface area (Å²) in [6, 6.07) is 5.25. The fraction of sp³-hybridized carbons (Fsp3) is 0.333. The summed E-state index contributed by atoms with van der Waals surface area (Å²) in [5.74, 6) is -0.0341. The summed E-state index contributed by atoms with van der Waals surface area (Å²) in [4.78, 5) is 14.6. The first-order chi connectivity index (χ1) is 5.70. The van der Waals surface area contributed by atoms with Crippen molar-refractivity contribution in [1.82, 2.24) is 4.98 Å². The van der Waals surface area contributed by atoms with Crippen LogP contribution in [0.3, 0.4) is 0 Å². The maximum absolute atomic E-state index is 10.6. The van der Waals surface area contributed by atoms with E-state index in [2.05, 4.69) is 4.98 Å². The summed E-state index contributed by atoms with van der Waals surface area (Å²) in [6.45, 7) is 1.45. The number of carbonyl (C=O) groups is 1. The first-order valence-corrected chi connectivity index (χ1v) is 3.78. The van der Waals surface area contributed by atoms with Gasteiger partial charge in [-0.25, -0.2) is 0 Å². The Hall–Kier alpha value is -1.22. The van der Waals surface area contributed by atoms with E-state index in [-0.39, 0.29) is 12.2 Å². The maximum atomic E-state index is 10.6. The molecule has 64 valence electrons. The van der Waals surface area contributed by atoms with Crippen LogP contribution in [0.15, 0.2) is 24.4 Å². The van der Waals surface area contributed by atoms with Crippen LogP contribution in [0, 0.1) is 0 Å². The Balaban J connectivity index is 2.65. The second-order valence-corrected chi connectivity index (χ2v) is 2.68. The van der Waals surface area contributed by atoms with Crippen LogP contribution < -0.4 is 0 Å². The van der Waals surface area contributed by atoms with Gasteiger partial charge in [-0.3, -0.25) is 9.78 Å². The first-order valence-electron chi connectivity index (χ1n) is 3.78. The van der Waals surface area contributed by atoms with Gasteiger partial charge in [0.1, 0.15) is 11.9 Å². The van der Waals surface area contributed by atoms with Crippen molar-refractivity contribution in [3.05, 3.63) is 30.1 Å². The Morgan fingerprint density at radius 1 is 1.67 bits per heavy atom. The smallest absolute Gasteiger partial charge is 0.132 e. The molecule has 0 aromatic carbocycles. The van der Waals surface area contributed by atoms with Gasteiger partial charge in [0.05, 0.1) is 5.69 Å². The van der Waals surface area contributed by atoms with E-state index < -0.39 is 6.10 Å². The fourth-order valence-corrected chi connectivity index (χ4v) is 0.950. The summed E-state index contributed by atoms with van der Waals surface area (Å²) >= 11 is 0. The van der Waals surface area contributed by atoms with Crippen LogP contribution >= 0.6 is 0 Å². The van der Waals surface area contributed by atoms with Gasteiger partial charge < -0.3 is 5.11 Å². The molecule has 1 aromatic rings. The molecule has 0 aliphatic rings. The zero-order valence-electron chi connectivity index (χ0n) is 6.90. The number of pyridine rings is 1. The monoisotopic (exact) mass is 165 g/mol. The van der Waals surface area contributed by atoms with Gasteiger partial charge >= 0.3 is 0 Å². The highest BCUT2D eigenvalue weighted by atomic mass is 16.3. The molecule has 0 saturated carbocycles. The highest BCUT2D eigenvalue weighted by Gasteiger charge is 2.09. The van der Waals surface area contributed by atoms with Crippen molar-refractivity contribution >= 4 is 5.78 Å². The van der Waals surface area contributed by atoms with Gasteiger partial charge in [0.15, 0.2) is 0 Å². The maximum Gasteiger partial charge on any atom is 0.132 e. The SMILES string of the molecule is CC(=O)C[C@H](O)c1ccccn1. The van der Waals surface area contributed by atoms with Gasteiger partial charge in [0.25, 0.3) is 0 Å². The Morgan fingerprint density at radius 3 is 2.92 bits per heavy atom. The first kappa shape index (κ1) is 8.87. The quantitative estimate of drug-likeness (QED) is 0.729. The minimum absolute atomic E-state index is 0.0341. The van der Waals surface area contributed by atoms with Crippen molar-refractivity contribution in [3.8, 4) is 0 Å². The lowest BCUT2D eigenvalue weighted by molar-refractivity contribution is -0.118. The molecule has 1 aromatic heterocycles. The number of hydrogen-bond donors (Lipinski definition) is 1. The molecule has 0 radical (unpaired) electrons. The minimum atomic E-state index is -0.760. The van der Waals surface area contributed by atoms with E-state index in [9.17, 15) is 9.90 Å². The molecule has 0 spiro atoms. The number of ketones is 1. The molecule has 1 heterocycles. The van der Waals surface area contributed by atoms with Crippen LogP contribution in [-0.2, 0) is 4.79 Å². The fourth-order valence-electron chi connectivity index (χ4n) is 0.950. The molecule has 0 amide bonds. The van der Waals surface area contributed by atoms with Crippen molar-refractivity contribution in [2.75, 3.05) is 0 Å². The molecule has 1 N–H and O–H groups in total. The topological polar surface area (TPSA) is 50.2 Å². The highest BCUT2D eigenvalue weighted by Crippen LogP contribution is 2.12. The lowest BCUT2D eigenvalue weighted by Gasteiger charge is -2.06. The van der Waals surface area contributed by atoms with Crippen molar-refractivity contribution in [1.29, 1.82) is 0 Å². The zero-order valence-corrected chi connectivity index (χ0v) is 6.90. The Labute approximate surface area is 71.1 Å². The Kier molecular flexibility index (Phi) is 2.94. The van der Waals surface area contributed by atoms with E-state index in [0.717, 1.165) is 0 Å². The third-order valence-corrected chi connectivity index (χ3v) is 1.51. The third kappa shape index (κ3) is 2.43. The van der Waals surface area contributed by atoms with E-state index in [1.54, 1.807) is 24.4 Å². The van der Waals surface area contributed by atoms with E-state index in [0.29, 0.717) is 5.69 Å². The van der Waals surface area contributed by atoms with Gasteiger partial charge in [0, 0.05) is 12.6 Å². The number of carbonyl (C=O) groups excluding carboxylic acids is 1. The number of hydrogen-bond acceptors (Lipinski definition) is 3. The molecule has 1 rings (SSSR count). The van der Waals surface area contributed by atoms with Crippen LogP contribution in [-0.4, -0.2) is 15.9 Å². The number of rotatable bonds is 3. The molecule has 0 unspecified atom stereocenters. The predicted molar refractivity (Wildman–Crippen MR) is 44.5 cm³/mol. The Bertz CT molecular complexity index is 258. The number of Topliss-reactive ketones (excluding diaryl/α,β-unsaturated/α-hetero) is 1. The molecule has 0 saturated heterocycles. The van der Waals surface area contributed by atoms with Gasteiger partial charge in [0.2, 0.25) is 0 Å². The summed E-state index contributed by atoms with van der Waals surface area (Å²) in [5.41, 5.74) is 0.549. The molecule has 3 nitrogen and oxygen atoms in total. The summed E-state index contributed by atoms with van der Waals surface area (Å²) in [5, 5.41) is 9.41. The van der Waals surface area contributed by atoms with Crippen molar-refractivity contribution in [2.24, 2.45) is 0 Å². The molecule has 0 fully saturated rings. The number of aromatic nitrogens is 1. The standard InChI is InChI=1S/C9H11NO2/c1-7(11)6-9(12)8-4-2-3-5-10-8/h2-5,9,12H,6H2,1H3/t9-/m0/s1. The predicted octanol–water partition coefficient (Wildman–Crippen LogP) is 1.09. The number of aliphatic hydroxyl groups is 1. The van der Waals surface area contributed by atoms with Crippen LogP contribution in [0.1, 0.15) is 25.1 Å². The van der Waals surface area contributed by atoms with Crippen molar-refractivity contribution in [2.45, 2.75) is 19.4 Å². The summed E-state index contributed by atoms with van der Waals surface area (Å²) < 4.78 is 0. The van der Waals surface area contributed by atoms with Crippen LogP contribution in [0.5, 0.6) is 0 Å². The zero-order chi connectivity index (χ0) is 8.97. The van der Waals surface area contributed by atoms with E-state index in [1.807, 2.05) is 0 Å². The van der Waals surface area contributed by atoms with Crippen LogP contribution in [0.25, 0.3) is 0 Å². The molecular formula is C9H11NO2. The van der Waals surface area contributed by atoms with Gasteiger partial charge in [-0.2, -0.15) is 0 Å². The largest absolute Gasteiger partial charge is 0.386 e. The molecule has 12 heavy (non-hydrogen) atoms. The van der Waals surface area contributed by atoms with Gasteiger partial charge in [-0.1, -0.05) is 6.07 Å². The number of nitrogens with zero attached hydrogens (tertiary/aromatic N) is 1. The molecule has 0 bridgehead atoms. The average Bonchev–Trinajstić information content (AvgIpc) is 2.05. The molecule has 1 atom stereocenters. The number of aliphatic hydroxyl groups excluding tert-OH is 1. The molecular weight excluding hydrogens is 154 g/mol. The second kappa shape index (κ2) is 3.97. The minimum Gasteiger partial charge on any atom is -0.386 e. The molecule has 0 aliphatic heterocycles. The third-order valence-electron chi connectivity index (χ3n) is 1.51. The highest BCUT2D eigenvalue weighted by molar-refractivity contribution is 5.76. The lowest BCUT2D eigenvalue weighted by Crippen LogP contribution is -2.04. The van der Waals surface area contributed by atoms with E-state index in [1.165, 1.54) is 6.92 Å². The van der Waals surface area contributed by atoms with Crippen molar-refractivity contribution < 1.29 is 9.90 Å². The van der Waals surface area contributed by atoms with Crippen molar-refractivity contribution in [3.63, 3.8) is 0 Å². The summed E-state index contributed by atoms with van der Waals surface area (Å²) in [6.07, 6.45) is 0.971. The summed E-state index contributed by atoms with van der Waals surface area (Å²) in [7, 11) is 0. The second-order valence-electron chi connectivity index (χ2n) is 2.68. The molecule has 0 aliphatic carbocycles. The van der Waals surface area contributed by atoms with Crippen LogP contribution in [0.2, 0.25) is 0 Å².